The van der Waals surface area contributed by atoms with Gasteiger partial charge in [-0.25, -0.2) is 9.79 Å². The number of benzene rings is 1. The molecule has 1 aromatic rings. The average Bonchev–Trinajstić information content (AvgIpc) is 2.58. The van der Waals surface area contributed by atoms with Crippen molar-refractivity contribution in [1.29, 1.82) is 0 Å². The molecule has 1 rings (SSSR count). The van der Waals surface area contributed by atoms with Crippen LogP contribution in [0.25, 0.3) is 0 Å². The number of rotatable bonds is 8. The van der Waals surface area contributed by atoms with E-state index < -0.39 is 5.97 Å². The minimum absolute atomic E-state index is 0.406. The standard InChI is InChI=1S/C16H25N3O3S/c1-5-17-16(18-8-9-23-4)19-11-12-6-7-14(21-2)13(10-12)15(20)22-3/h6-7,10H,5,8-9,11H2,1-4H3,(H2,17,18,19). The Balaban J connectivity index is 2.84. The molecule has 0 saturated heterocycles. The van der Waals surface area contributed by atoms with Crippen molar-refractivity contribution in [2.24, 2.45) is 4.99 Å². The van der Waals surface area contributed by atoms with Crippen LogP contribution in [-0.4, -0.2) is 51.2 Å². The van der Waals surface area contributed by atoms with E-state index in [-0.39, 0.29) is 0 Å². The third kappa shape index (κ3) is 6.40. The molecular formula is C16H25N3O3S. The predicted octanol–water partition coefficient (Wildman–Crippen LogP) is 1.90. The molecule has 0 aliphatic carbocycles. The molecule has 0 bridgehead atoms. The second-order valence-electron chi connectivity index (χ2n) is 4.64. The molecule has 0 saturated carbocycles. The quantitative estimate of drug-likeness (QED) is 0.326. The fraction of sp³-hybridized carbons (Fsp3) is 0.500. The van der Waals surface area contributed by atoms with Crippen molar-refractivity contribution in [2.75, 3.05) is 39.3 Å². The normalized spacial score (nSPS) is 11.0. The highest BCUT2D eigenvalue weighted by atomic mass is 32.2. The largest absolute Gasteiger partial charge is 0.496 e. The summed E-state index contributed by atoms with van der Waals surface area (Å²) in [4.78, 5) is 16.3. The molecule has 7 heteroatoms. The molecular weight excluding hydrogens is 314 g/mol. The number of carbonyl (C=O) groups is 1. The molecule has 0 aromatic heterocycles. The van der Waals surface area contributed by atoms with Crippen LogP contribution in [0.3, 0.4) is 0 Å². The Labute approximate surface area is 142 Å². The van der Waals surface area contributed by atoms with Gasteiger partial charge in [0.05, 0.1) is 20.8 Å². The van der Waals surface area contributed by atoms with E-state index in [0.29, 0.717) is 17.9 Å². The number of aliphatic imine (C=N–C) groups is 1. The zero-order valence-electron chi connectivity index (χ0n) is 14.1. The number of esters is 1. The molecule has 0 amide bonds. The van der Waals surface area contributed by atoms with Gasteiger partial charge >= 0.3 is 5.97 Å². The van der Waals surface area contributed by atoms with Crippen molar-refractivity contribution in [2.45, 2.75) is 13.5 Å². The molecule has 0 aliphatic heterocycles. The summed E-state index contributed by atoms with van der Waals surface area (Å²) >= 11 is 1.78. The smallest absolute Gasteiger partial charge is 0.341 e. The molecule has 0 fully saturated rings. The summed E-state index contributed by atoms with van der Waals surface area (Å²) < 4.78 is 9.97. The van der Waals surface area contributed by atoms with Gasteiger partial charge in [0, 0.05) is 18.8 Å². The number of hydrogen-bond acceptors (Lipinski definition) is 5. The Kier molecular flexibility index (Phi) is 8.97. The van der Waals surface area contributed by atoms with Gasteiger partial charge in [0.25, 0.3) is 0 Å². The van der Waals surface area contributed by atoms with Crippen molar-refractivity contribution >= 4 is 23.7 Å². The maximum Gasteiger partial charge on any atom is 0.341 e. The Bertz CT molecular complexity index is 535. The van der Waals surface area contributed by atoms with Gasteiger partial charge in [0.15, 0.2) is 5.96 Å². The summed E-state index contributed by atoms with van der Waals surface area (Å²) in [5.74, 6) is 1.85. The van der Waals surface area contributed by atoms with E-state index >= 15 is 0 Å². The minimum Gasteiger partial charge on any atom is -0.496 e. The maximum atomic E-state index is 11.8. The zero-order valence-corrected chi connectivity index (χ0v) is 15.0. The van der Waals surface area contributed by atoms with Crippen LogP contribution in [0.15, 0.2) is 23.2 Å². The van der Waals surface area contributed by atoms with Crippen LogP contribution in [-0.2, 0) is 11.3 Å². The van der Waals surface area contributed by atoms with Crippen molar-refractivity contribution in [1.82, 2.24) is 10.6 Å². The van der Waals surface area contributed by atoms with Crippen molar-refractivity contribution in [3.63, 3.8) is 0 Å². The second-order valence-corrected chi connectivity index (χ2v) is 5.63. The minimum atomic E-state index is -0.419. The number of hydrogen-bond donors (Lipinski definition) is 2. The van der Waals surface area contributed by atoms with Crippen LogP contribution in [0, 0.1) is 0 Å². The lowest BCUT2D eigenvalue weighted by Gasteiger charge is -2.11. The maximum absolute atomic E-state index is 11.8. The number of carbonyl (C=O) groups excluding carboxylic acids is 1. The van der Waals surface area contributed by atoms with Crippen LogP contribution in [0.2, 0.25) is 0 Å². The van der Waals surface area contributed by atoms with Crippen LogP contribution >= 0.6 is 11.8 Å². The van der Waals surface area contributed by atoms with Crippen LogP contribution in [0.4, 0.5) is 0 Å². The summed E-state index contributed by atoms with van der Waals surface area (Å²) in [5.41, 5.74) is 1.32. The van der Waals surface area contributed by atoms with E-state index in [1.165, 1.54) is 14.2 Å². The summed E-state index contributed by atoms with van der Waals surface area (Å²) in [6.45, 7) is 4.13. The van der Waals surface area contributed by atoms with E-state index in [2.05, 4.69) is 21.9 Å². The zero-order chi connectivity index (χ0) is 17.1. The molecule has 0 radical (unpaired) electrons. The number of nitrogens with zero attached hydrogens (tertiary/aromatic N) is 1. The third-order valence-electron chi connectivity index (χ3n) is 3.03. The molecule has 0 spiro atoms. The van der Waals surface area contributed by atoms with Gasteiger partial charge in [0.1, 0.15) is 11.3 Å². The van der Waals surface area contributed by atoms with Crippen molar-refractivity contribution < 1.29 is 14.3 Å². The molecule has 1 aromatic carbocycles. The molecule has 0 aliphatic rings. The number of guanidine groups is 1. The van der Waals surface area contributed by atoms with Gasteiger partial charge in [-0.1, -0.05) is 6.07 Å². The lowest BCUT2D eigenvalue weighted by molar-refractivity contribution is 0.0597. The van der Waals surface area contributed by atoms with Gasteiger partial charge in [-0.2, -0.15) is 11.8 Å². The van der Waals surface area contributed by atoms with E-state index in [9.17, 15) is 4.79 Å². The number of nitrogens with one attached hydrogen (secondary N) is 2. The van der Waals surface area contributed by atoms with Gasteiger partial charge < -0.3 is 20.1 Å². The summed E-state index contributed by atoms with van der Waals surface area (Å²) in [5, 5.41) is 6.46. The van der Waals surface area contributed by atoms with Crippen LogP contribution in [0.5, 0.6) is 5.75 Å². The lowest BCUT2D eigenvalue weighted by atomic mass is 10.1. The SMILES string of the molecule is CCNC(=NCc1ccc(OC)c(C(=O)OC)c1)NCCSC. The fourth-order valence-electron chi connectivity index (χ4n) is 1.91. The molecule has 128 valence electrons. The number of thioether (sulfide) groups is 1. The first-order valence-electron chi connectivity index (χ1n) is 7.42. The number of methoxy groups -OCH3 is 2. The lowest BCUT2D eigenvalue weighted by Crippen LogP contribution is -2.38. The predicted molar refractivity (Wildman–Crippen MR) is 95.5 cm³/mol. The summed E-state index contributed by atoms with van der Waals surface area (Å²) in [6, 6.07) is 5.39. The van der Waals surface area contributed by atoms with Crippen molar-refractivity contribution in [3.8, 4) is 5.75 Å². The Morgan fingerprint density at radius 3 is 2.70 bits per heavy atom. The van der Waals surface area contributed by atoms with Gasteiger partial charge in [-0.15, -0.1) is 0 Å². The Morgan fingerprint density at radius 1 is 1.30 bits per heavy atom. The van der Waals surface area contributed by atoms with E-state index in [1.807, 2.05) is 13.0 Å². The molecule has 6 nitrogen and oxygen atoms in total. The summed E-state index contributed by atoms with van der Waals surface area (Å²) in [6.07, 6.45) is 2.07. The highest BCUT2D eigenvalue weighted by Crippen LogP contribution is 2.21. The first-order valence-corrected chi connectivity index (χ1v) is 8.82. The molecule has 0 unspecified atom stereocenters. The summed E-state index contributed by atoms with van der Waals surface area (Å²) in [7, 11) is 2.88. The Morgan fingerprint density at radius 2 is 2.09 bits per heavy atom. The van der Waals surface area contributed by atoms with E-state index in [0.717, 1.165) is 30.4 Å². The van der Waals surface area contributed by atoms with Crippen LogP contribution < -0.4 is 15.4 Å². The van der Waals surface area contributed by atoms with E-state index in [1.54, 1.807) is 23.9 Å². The molecule has 23 heavy (non-hydrogen) atoms. The van der Waals surface area contributed by atoms with Crippen LogP contribution in [0.1, 0.15) is 22.8 Å². The molecule has 0 atom stereocenters. The topological polar surface area (TPSA) is 72.0 Å². The molecule has 2 N–H and O–H groups in total. The average molecular weight is 339 g/mol. The number of ether oxygens (including phenoxy) is 2. The monoisotopic (exact) mass is 339 g/mol. The van der Waals surface area contributed by atoms with Gasteiger partial charge in [-0.05, 0) is 30.9 Å². The van der Waals surface area contributed by atoms with Crippen molar-refractivity contribution in [3.05, 3.63) is 29.3 Å². The Hall–Kier alpha value is -1.89. The second kappa shape index (κ2) is 10.8. The highest BCUT2D eigenvalue weighted by molar-refractivity contribution is 7.98. The first kappa shape index (κ1) is 19.2. The highest BCUT2D eigenvalue weighted by Gasteiger charge is 2.13. The van der Waals surface area contributed by atoms with Gasteiger partial charge in [-0.3, -0.25) is 0 Å². The van der Waals surface area contributed by atoms with Gasteiger partial charge in [0.2, 0.25) is 0 Å². The molecule has 0 heterocycles. The fourth-order valence-corrected chi connectivity index (χ4v) is 2.21. The first-order chi connectivity index (χ1) is 11.2. The third-order valence-corrected chi connectivity index (χ3v) is 3.64. The van der Waals surface area contributed by atoms with E-state index in [4.69, 9.17) is 9.47 Å².